The number of hydrogen-bond donors (Lipinski definition) is 1. The molecular weight excluding hydrogens is 220 g/mol. The van der Waals surface area contributed by atoms with Crippen LogP contribution in [-0.2, 0) is 13.1 Å². The van der Waals surface area contributed by atoms with Gasteiger partial charge in [0.05, 0.1) is 0 Å². The molecule has 2 heteroatoms. The largest absolute Gasteiger partial charge is 0.326 e. The van der Waals surface area contributed by atoms with Gasteiger partial charge >= 0.3 is 0 Å². The van der Waals surface area contributed by atoms with Crippen LogP contribution in [0.5, 0.6) is 0 Å². The number of hydrogen-bond acceptors (Lipinski definition) is 2. The molecule has 2 nitrogen and oxygen atoms in total. The van der Waals surface area contributed by atoms with Gasteiger partial charge in [-0.3, -0.25) is 4.90 Å². The van der Waals surface area contributed by atoms with Gasteiger partial charge in [0, 0.05) is 25.7 Å². The topological polar surface area (TPSA) is 29.3 Å². The van der Waals surface area contributed by atoms with E-state index in [9.17, 15) is 0 Å². The molecule has 0 spiro atoms. The molecule has 0 bridgehead atoms. The molecule has 0 unspecified atom stereocenters. The van der Waals surface area contributed by atoms with Crippen molar-refractivity contribution in [2.45, 2.75) is 53.8 Å². The Bertz CT molecular complexity index is 369. The lowest BCUT2D eigenvalue weighted by atomic mass is 10.0. The van der Waals surface area contributed by atoms with E-state index in [2.05, 4.69) is 57.7 Å². The van der Waals surface area contributed by atoms with Gasteiger partial charge in [0.25, 0.3) is 0 Å². The van der Waals surface area contributed by atoms with Gasteiger partial charge in [0.1, 0.15) is 0 Å². The molecule has 0 amide bonds. The number of benzene rings is 1. The minimum Gasteiger partial charge on any atom is -0.326 e. The average Bonchev–Trinajstić information content (AvgIpc) is 2.29. The predicted molar refractivity (Wildman–Crippen MR) is 79.5 cm³/mol. The lowest BCUT2D eigenvalue weighted by Gasteiger charge is -2.29. The van der Waals surface area contributed by atoms with Gasteiger partial charge in [-0.15, -0.1) is 0 Å². The van der Waals surface area contributed by atoms with Crippen LogP contribution < -0.4 is 5.73 Å². The second kappa shape index (κ2) is 6.91. The van der Waals surface area contributed by atoms with E-state index in [-0.39, 0.29) is 0 Å². The van der Waals surface area contributed by atoms with E-state index >= 15 is 0 Å². The average molecular weight is 248 g/mol. The zero-order chi connectivity index (χ0) is 13.7. The van der Waals surface area contributed by atoms with E-state index in [1.54, 1.807) is 0 Å². The van der Waals surface area contributed by atoms with Gasteiger partial charge in [0.2, 0.25) is 0 Å². The first-order chi connectivity index (χ1) is 8.43. The van der Waals surface area contributed by atoms with Crippen LogP contribution in [0.15, 0.2) is 18.2 Å². The molecule has 1 rings (SSSR count). The Morgan fingerprint density at radius 1 is 1.17 bits per heavy atom. The molecular formula is C16H28N2. The molecule has 0 fully saturated rings. The third-order valence-electron chi connectivity index (χ3n) is 3.35. The van der Waals surface area contributed by atoms with Crippen molar-refractivity contribution in [1.82, 2.24) is 4.90 Å². The molecule has 0 aliphatic heterocycles. The summed E-state index contributed by atoms with van der Waals surface area (Å²) in [6, 6.07) is 7.17. The minimum absolute atomic E-state index is 0.584. The zero-order valence-electron chi connectivity index (χ0n) is 12.5. The maximum Gasteiger partial charge on any atom is 0.0239 e. The lowest BCUT2D eigenvalue weighted by Crippen LogP contribution is -2.33. The standard InChI is InChI=1S/C16H28N2/c1-12(2)10-18(13(3)4)11-16-7-6-15(9-17)8-14(16)5/h6-8,12-13H,9-11,17H2,1-5H3. The Morgan fingerprint density at radius 2 is 1.83 bits per heavy atom. The van der Waals surface area contributed by atoms with Crippen LogP contribution in [0, 0.1) is 12.8 Å². The predicted octanol–water partition coefficient (Wildman–Crippen LogP) is 3.32. The Hall–Kier alpha value is -0.860. The number of nitrogens with zero attached hydrogens (tertiary/aromatic N) is 1. The summed E-state index contributed by atoms with van der Waals surface area (Å²) in [4.78, 5) is 2.54. The molecule has 0 heterocycles. The fourth-order valence-corrected chi connectivity index (χ4v) is 2.21. The van der Waals surface area contributed by atoms with Crippen LogP contribution in [-0.4, -0.2) is 17.5 Å². The van der Waals surface area contributed by atoms with Gasteiger partial charge in [0.15, 0.2) is 0 Å². The zero-order valence-corrected chi connectivity index (χ0v) is 12.5. The maximum absolute atomic E-state index is 5.67. The second-order valence-electron chi connectivity index (χ2n) is 5.88. The van der Waals surface area contributed by atoms with Crippen molar-refractivity contribution < 1.29 is 0 Å². The summed E-state index contributed by atoms with van der Waals surface area (Å²) in [6.45, 7) is 14.1. The number of rotatable bonds is 6. The van der Waals surface area contributed by atoms with Crippen molar-refractivity contribution >= 4 is 0 Å². The highest BCUT2D eigenvalue weighted by atomic mass is 15.1. The quantitative estimate of drug-likeness (QED) is 0.837. The molecule has 0 saturated heterocycles. The highest BCUT2D eigenvalue weighted by Gasteiger charge is 2.13. The Balaban J connectivity index is 2.80. The fraction of sp³-hybridized carbons (Fsp3) is 0.625. The number of nitrogens with two attached hydrogens (primary N) is 1. The van der Waals surface area contributed by atoms with Crippen LogP contribution in [0.1, 0.15) is 44.4 Å². The van der Waals surface area contributed by atoms with Crippen molar-refractivity contribution in [3.63, 3.8) is 0 Å². The van der Waals surface area contributed by atoms with Gasteiger partial charge < -0.3 is 5.73 Å². The van der Waals surface area contributed by atoms with Gasteiger partial charge in [-0.25, -0.2) is 0 Å². The van der Waals surface area contributed by atoms with E-state index in [0.29, 0.717) is 18.5 Å². The fourth-order valence-electron chi connectivity index (χ4n) is 2.21. The summed E-state index contributed by atoms with van der Waals surface area (Å²) in [5, 5.41) is 0. The van der Waals surface area contributed by atoms with Crippen molar-refractivity contribution in [1.29, 1.82) is 0 Å². The molecule has 0 aliphatic carbocycles. The summed E-state index contributed by atoms with van der Waals surface area (Å²) in [5.41, 5.74) is 9.66. The third-order valence-corrected chi connectivity index (χ3v) is 3.35. The van der Waals surface area contributed by atoms with Crippen molar-refractivity contribution in [3.8, 4) is 0 Å². The van der Waals surface area contributed by atoms with Crippen molar-refractivity contribution in [2.75, 3.05) is 6.54 Å². The summed E-state index contributed by atoms with van der Waals surface area (Å²) < 4.78 is 0. The van der Waals surface area contributed by atoms with Gasteiger partial charge in [-0.1, -0.05) is 32.0 Å². The monoisotopic (exact) mass is 248 g/mol. The first-order valence-electron chi connectivity index (χ1n) is 6.96. The molecule has 0 radical (unpaired) electrons. The molecule has 1 aromatic carbocycles. The Morgan fingerprint density at radius 3 is 2.28 bits per heavy atom. The molecule has 102 valence electrons. The lowest BCUT2D eigenvalue weighted by molar-refractivity contribution is 0.189. The normalized spacial score (nSPS) is 11.8. The third kappa shape index (κ3) is 4.43. The van der Waals surface area contributed by atoms with Crippen LogP contribution >= 0.6 is 0 Å². The van der Waals surface area contributed by atoms with E-state index in [4.69, 9.17) is 5.73 Å². The first kappa shape index (κ1) is 15.2. The van der Waals surface area contributed by atoms with Crippen LogP contribution in [0.2, 0.25) is 0 Å². The van der Waals surface area contributed by atoms with Gasteiger partial charge in [-0.05, 0) is 43.4 Å². The number of aryl methyl sites for hydroxylation is 1. The van der Waals surface area contributed by atoms with Crippen LogP contribution in [0.3, 0.4) is 0 Å². The van der Waals surface area contributed by atoms with E-state index in [1.807, 2.05) is 0 Å². The summed E-state index contributed by atoms with van der Waals surface area (Å²) in [7, 11) is 0. The van der Waals surface area contributed by atoms with Crippen LogP contribution in [0.25, 0.3) is 0 Å². The Kier molecular flexibility index (Phi) is 5.83. The molecule has 0 aromatic heterocycles. The minimum atomic E-state index is 0.584. The molecule has 0 aliphatic rings. The van der Waals surface area contributed by atoms with Gasteiger partial charge in [-0.2, -0.15) is 0 Å². The smallest absolute Gasteiger partial charge is 0.0239 e. The highest BCUT2D eigenvalue weighted by Crippen LogP contribution is 2.16. The van der Waals surface area contributed by atoms with E-state index in [1.165, 1.54) is 16.7 Å². The summed E-state index contributed by atoms with van der Waals surface area (Å²) in [5.74, 6) is 0.705. The molecule has 1 aromatic rings. The first-order valence-corrected chi connectivity index (χ1v) is 6.96. The summed E-state index contributed by atoms with van der Waals surface area (Å²) >= 11 is 0. The SMILES string of the molecule is Cc1cc(CN)ccc1CN(CC(C)C)C(C)C. The maximum atomic E-state index is 5.67. The molecule has 2 N–H and O–H groups in total. The van der Waals surface area contributed by atoms with Crippen LogP contribution in [0.4, 0.5) is 0 Å². The van der Waals surface area contributed by atoms with Crippen molar-refractivity contribution in [2.24, 2.45) is 11.7 Å². The molecule has 0 atom stereocenters. The molecule has 0 saturated carbocycles. The Labute approximate surface area is 112 Å². The second-order valence-corrected chi connectivity index (χ2v) is 5.88. The highest BCUT2D eigenvalue weighted by molar-refractivity contribution is 5.31. The van der Waals surface area contributed by atoms with E-state index < -0.39 is 0 Å². The summed E-state index contributed by atoms with van der Waals surface area (Å²) in [6.07, 6.45) is 0. The van der Waals surface area contributed by atoms with Crippen molar-refractivity contribution in [3.05, 3.63) is 34.9 Å². The van der Waals surface area contributed by atoms with E-state index in [0.717, 1.165) is 13.1 Å². The molecule has 18 heavy (non-hydrogen) atoms.